The fraction of sp³-hybridized carbons (Fsp3) is 0.333. The van der Waals surface area contributed by atoms with Crippen LogP contribution >= 0.6 is 15.9 Å². The summed E-state index contributed by atoms with van der Waals surface area (Å²) in [6.07, 6.45) is 0.345. The Morgan fingerprint density at radius 3 is 2.60 bits per heavy atom. The molecule has 2 amide bonds. The van der Waals surface area contributed by atoms with Crippen LogP contribution in [0.3, 0.4) is 0 Å². The van der Waals surface area contributed by atoms with E-state index in [9.17, 15) is 18.0 Å². The van der Waals surface area contributed by atoms with Crippen LogP contribution in [-0.2, 0) is 19.4 Å². The van der Waals surface area contributed by atoms with E-state index in [1.807, 2.05) is 0 Å². The Hall–Kier alpha value is -1.41. The van der Waals surface area contributed by atoms with E-state index in [4.69, 9.17) is 0 Å². The molecule has 1 fully saturated rings. The fourth-order valence-electron chi connectivity index (χ4n) is 1.91. The van der Waals surface area contributed by atoms with Crippen molar-refractivity contribution >= 4 is 43.3 Å². The summed E-state index contributed by atoms with van der Waals surface area (Å²) in [5.74, 6) is -1.70. The second kappa shape index (κ2) is 5.92. The normalized spacial score (nSPS) is 20.4. The number of carbonyl (C=O) groups excluding carboxylic acids is 2. The number of rotatable bonds is 2. The third-order valence-electron chi connectivity index (χ3n) is 2.86. The largest absolute Gasteiger partial charge is 0.344 e. The zero-order valence-corrected chi connectivity index (χ0v) is 12.8. The second-order valence-corrected chi connectivity index (χ2v) is 7.68. The van der Waals surface area contributed by atoms with E-state index in [1.165, 1.54) is 0 Å². The van der Waals surface area contributed by atoms with E-state index in [1.54, 1.807) is 24.3 Å². The predicted octanol–water partition coefficient (Wildman–Crippen LogP) is 0.691. The smallest absolute Gasteiger partial charge is 0.313 e. The molecule has 1 aliphatic heterocycles. The van der Waals surface area contributed by atoms with Crippen molar-refractivity contribution < 1.29 is 18.0 Å². The van der Waals surface area contributed by atoms with Gasteiger partial charge in [0.05, 0.1) is 11.5 Å². The van der Waals surface area contributed by atoms with E-state index in [0.717, 1.165) is 4.47 Å². The van der Waals surface area contributed by atoms with Gasteiger partial charge in [-0.2, -0.15) is 0 Å². The summed E-state index contributed by atoms with van der Waals surface area (Å²) >= 11 is 3.25. The number of hydrogen-bond acceptors (Lipinski definition) is 4. The first-order chi connectivity index (χ1) is 9.35. The van der Waals surface area contributed by atoms with Crippen LogP contribution in [0.5, 0.6) is 0 Å². The number of carbonyl (C=O) groups is 2. The lowest BCUT2D eigenvalue weighted by Gasteiger charge is -2.10. The number of hydrogen-bond donors (Lipinski definition) is 2. The van der Waals surface area contributed by atoms with E-state index in [-0.39, 0.29) is 11.5 Å². The van der Waals surface area contributed by atoms with Crippen LogP contribution in [0.15, 0.2) is 28.7 Å². The van der Waals surface area contributed by atoms with Gasteiger partial charge in [-0.3, -0.25) is 9.59 Å². The van der Waals surface area contributed by atoms with Crippen LogP contribution in [0.1, 0.15) is 6.42 Å². The summed E-state index contributed by atoms with van der Waals surface area (Å²) in [4.78, 5) is 23.4. The van der Waals surface area contributed by atoms with Gasteiger partial charge in [-0.25, -0.2) is 8.42 Å². The Morgan fingerprint density at radius 2 is 2.00 bits per heavy atom. The molecule has 2 N–H and O–H groups in total. The highest BCUT2D eigenvalue weighted by atomic mass is 79.9. The molecule has 8 heteroatoms. The van der Waals surface area contributed by atoms with Gasteiger partial charge in [0.25, 0.3) is 0 Å². The van der Waals surface area contributed by atoms with Crippen molar-refractivity contribution in [2.24, 2.45) is 0 Å². The number of amides is 2. The van der Waals surface area contributed by atoms with Gasteiger partial charge < -0.3 is 10.6 Å². The predicted molar refractivity (Wildman–Crippen MR) is 78.0 cm³/mol. The monoisotopic (exact) mass is 360 g/mol. The van der Waals surface area contributed by atoms with Crippen LogP contribution in [-0.4, -0.2) is 37.8 Å². The van der Waals surface area contributed by atoms with E-state index < -0.39 is 27.7 Å². The molecular weight excluding hydrogens is 348 g/mol. The highest BCUT2D eigenvalue weighted by Gasteiger charge is 2.30. The zero-order chi connectivity index (χ0) is 14.8. The molecule has 0 aliphatic carbocycles. The molecule has 2 rings (SSSR count). The van der Waals surface area contributed by atoms with Crippen LogP contribution < -0.4 is 10.6 Å². The third-order valence-corrected chi connectivity index (χ3v) is 5.12. The minimum Gasteiger partial charge on any atom is -0.344 e. The molecule has 0 saturated carbocycles. The van der Waals surface area contributed by atoms with E-state index in [0.29, 0.717) is 12.1 Å². The standard InChI is InChI=1S/C12H13BrN2O4S/c13-8-2-1-3-9(6-8)14-11(16)12(17)15-10-4-5-20(18,19)7-10/h1-3,6,10H,4-5,7H2,(H,14,16)(H,15,17). The van der Waals surface area contributed by atoms with Gasteiger partial charge in [-0.15, -0.1) is 0 Å². The fourth-order valence-corrected chi connectivity index (χ4v) is 3.99. The van der Waals surface area contributed by atoms with Crippen LogP contribution in [0, 0.1) is 0 Å². The number of nitrogens with one attached hydrogen (secondary N) is 2. The number of sulfone groups is 1. The van der Waals surface area contributed by atoms with Crippen LogP contribution in [0.4, 0.5) is 5.69 Å². The third kappa shape index (κ3) is 4.04. The van der Waals surface area contributed by atoms with Crippen LogP contribution in [0.2, 0.25) is 0 Å². The molecule has 6 nitrogen and oxygen atoms in total. The van der Waals surface area contributed by atoms with Gasteiger partial charge in [0, 0.05) is 16.2 Å². The first kappa shape index (κ1) is 15.0. The van der Waals surface area contributed by atoms with Crippen molar-refractivity contribution in [3.63, 3.8) is 0 Å². The number of benzene rings is 1. The molecule has 1 aromatic rings. The summed E-state index contributed by atoms with van der Waals surface area (Å²) in [7, 11) is -3.08. The number of anilines is 1. The van der Waals surface area contributed by atoms with Crippen molar-refractivity contribution in [3.05, 3.63) is 28.7 Å². The van der Waals surface area contributed by atoms with Gasteiger partial charge in [0.15, 0.2) is 9.84 Å². The lowest BCUT2D eigenvalue weighted by molar-refractivity contribution is -0.136. The Labute approximate surface area is 125 Å². The lowest BCUT2D eigenvalue weighted by Crippen LogP contribution is -2.42. The molecule has 20 heavy (non-hydrogen) atoms. The first-order valence-electron chi connectivity index (χ1n) is 5.93. The summed E-state index contributed by atoms with van der Waals surface area (Å²) in [6.45, 7) is 0. The van der Waals surface area contributed by atoms with Crippen molar-refractivity contribution in [3.8, 4) is 0 Å². The number of halogens is 1. The molecule has 1 aromatic carbocycles. The summed E-state index contributed by atoms with van der Waals surface area (Å²) in [5, 5.41) is 4.87. The van der Waals surface area contributed by atoms with Gasteiger partial charge >= 0.3 is 11.8 Å². The quantitative estimate of drug-likeness (QED) is 0.759. The van der Waals surface area contributed by atoms with Crippen molar-refractivity contribution in [2.75, 3.05) is 16.8 Å². The molecule has 1 unspecified atom stereocenters. The second-order valence-electron chi connectivity index (χ2n) is 4.54. The molecule has 0 spiro atoms. The average molecular weight is 361 g/mol. The summed E-state index contributed by atoms with van der Waals surface area (Å²) in [5.41, 5.74) is 0.485. The van der Waals surface area contributed by atoms with Crippen molar-refractivity contribution in [1.29, 1.82) is 0 Å². The van der Waals surface area contributed by atoms with Crippen LogP contribution in [0.25, 0.3) is 0 Å². The summed E-state index contributed by atoms with van der Waals surface area (Å²) < 4.78 is 23.3. The van der Waals surface area contributed by atoms with Gasteiger partial charge in [-0.1, -0.05) is 22.0 Å². The molecule has 1 heterocycles. The zero-order valence-electron chi connectivity index (χ0n) is 10.4. The molecule has 1 saturated heterocycles. The molecule has 0 bridgehead atoms. The minimum absolute atomic E-state index is 0.0468. The highest BCUT2D eigenvalue weighted by molar-refractivity contribution is 9.10. The Balaban J connectivity index is 1.91. The van der Waals surface area contributed by atoms with E-state index in [2.05, 4.69) is 26.6 Å². The average Bonchev–Trinajstić information content (AvgIpc) is 2.68. The minimum atomic E-state index is -3.08. The Morgan fingerprint density at radius 1 is 1.25 bits per heavy atom. The summed E-state index contributed by atoms with van der Waals surface area (Å²) in [6, 6.07) is 6.34. The maximum absolute atomic E-state index is 11.7. The molecular formula is C12H13BrN2O4S. The highest BCUT2D eigenvalue weighted by Crippen LogP contribution is 2.15. The molecule has 108 valence electrons. The van der Waals surface area contributed by atoms with E-state index >= 15 is 0 Å². The van der Waals surface area contributed by atoms with Crippen molar-refractivity contribution in [1.82, 2.24) is 5.32 Å². The molecule has 0 radical (unpaired) electrons. The van der Waals surface area contributed by atoms with Gasteiger partial charge in [0.2, 0.25) is 0 Å². The van der Waals surface area contributed by atoms with Crippen molar-refractivity contribution in [2.45, 2.75) is 12.5 Å². The maximum atomic E-state index is 11.7. The maximum Gasteiger partial charge on any atom is 0.313 e. The molecule has 1 atom stereocenters. The Kier molecular flexibility index (Phi) is 4.44. The SMILES string of the molecule is O=C(Nc1cccc(Br)c1)C(=O)NC1CCS(=O)(=O)C1. The Bertz CT molecular complexity index is 645. The topological polar surface area (TPSA) is 92.3 Å². The lowest BCUT2D eigenvalue weighted by atomic mass is 10.2. The van der Waals surface area contributed by atoms with Gasteiger partial charge in [-0.05, 0) is 24.6 Å². The van der Waals surface area contributed by atoms with Gasteiger partial charge in [0.1, 0.15) is 0 Å². The molecule has 0 aromatic heterocycles. The first-order valence-corrected chi connectivity index (χ1v) is 8.55. The molecule has 1 aliphatic rings.